The molecule has 1 saturated carbocycles. The van der Waals surface area contributed by atoms with Crippen LogP contribution in [0, 0.1) is 22.7 Å². The maximum Gasteiger partial charge on any atom is 0.136 e. The largest absolute Gasteiger partial charge is 0.495 e. The van der Waals surface area contributed by atoms with Gasteiger partial charge in [0.15, 0.2) is 0 Å². The third-order valence-electron chi connectivity index (χ3n) is 3.81. The van der Waals surface area contributed by atoms with Crippen molar-refractivity contribution in [2.45, 2.75) is 44.2 Å². The Hall–Kier alpha value is -2.04. The Morgan fingerprint density at radius 3 is 2.60 bits per heavy atom. The average Bonchev–Trinajstić information content (AvgIpc) is 2.53. The standard InChI is InChI=1S/C16H19N3O/c1-20-16-8-7-12(9-13(16)10-17)15(11-18)19-14-5-3-2-4-6-14/h7-9,14-15,19H,2-6H2,1H3. The Morgan fingerprint density at radius 2 is 2.00 bits per heavy atom. The topological polar surface area (TPSA) is 68.8 Å². The first-order valence-electron chi connectivity index (χ1n) is 7.02. The predicted octanol–water partition coefficient (Wildman–Crippen LogP) is 3.05. The molecule has 1 fully saturated rings. The fourth-order valence-corrected chi connectivity index (χ4v) is 2.71. The molecule has 1 aromatic rings. The van der Waals surface area contributed by atoms with Gasteiger partial charge in [0.25, 0.3) is 0 Å². The number of nitrogens with zero attached hydrogens (tertiary/aromatic N) is 2. The molecule has 0 spiro atoms. The molecule has 4 heteroatoms. The first kappa shape index (κ1) is 14.4. The Morgan fingerprint density at radius 1 is 1.25 bits per heavy atom. The maximum absolute atomic E-state index is 9.37. The molecule has 0 bridgehead atoms. The Kier molecular flexibility index (Phi) is 4.98. The number of rotatable bonds is 4. The highest BCUT2D eigenvalue weighted by atomic mass is 16.5. The molecule has 20 heavy (non-hydrogen) atoms. The third kappa shape index (κ3) is 3.29. The van der Waals surface area contributed by atoms with Crippen LogP contribution in [-0.4, -0.2) is 13.2 Å². The van der Waals surface area contributed by atoms with E-state index in [9.17, 15) is 5.26 Å². The molecule has 4 nitrogen and oxygen atoms in total. The highest BCUT2D eigenvalue weighted by molar-refractivity contribution is 5.46. The second-order valence-corrected chi connectivity index (χ2v) is 5.14. The highest BCUT2D eigenvalue weighted by Gasteiger charge is 2.19. The van der Waals surface area contributed by atoms with E-state index in [0.717, 1.165) is 18.4 Å². The number of nitriles is 2. The normalized spacial score (nSPS) is 16.9. The summed E-state index contributed by atoms with van der Waals surface area (Å²) in [5.41, 5.74) is 1.30. The van der Waals surface area contributed by atoms with E-state index in [0.29, 0.717) is 17.4 Å². The first-order chi connectivity index (χ1) is 9.78. The number of hydrogen-bond donors (Lipinski definition) is 1. The molecule has 0 amide bonds. The van der Waals surface area contributed by atoms with Crippen molar-refractivity contribution in [3.05, 3.63) is 29.3 Å². The van der Waals surface area contributed by atoms with Crippen molar-refractivity contribution in [2.75, 3.05) is 7.11 Å². The van der Waals surface area contributed by atoms with Gasteiger partial charge < -0.3 is 4.74 Å². The van der Waals surface area contributed by atoms with E-state index in [1.165, 1.54) is 26.4 Å². The molecule has 1 N–H and O–H groups in total. The van der Waals surface area contributed by atoms with Crippen LogP contribution in [0.4, 0.5) is 0 Å². The molecule has 1 aromatic carbocycles. The summed E-state index contributed by atoms with van der Waals surface area (Å²) in [6, 6.07) is 9.78. The fraction of sp³-hybridized carbons (Fsp3) is 0.500. The van der Waals surface area contributed by atoms with Crippen molar-refractivity contribution in [1.29, 1.82) is 10.5 Å². The van der Waals surface area contributed by atoms with Crippen molar-refractivity contribution >= 4 is 0 Å². The molecule has 0 aromatic heterocycles. The van der Waals surface area contributed by atoms with Crippen molar-refractivity contribution < 1.29 is 4.74 Å². The van der Waals surface area contributed by atoms with E-state index in [2.05, 4.69) is 17.5 Å². The van der Waals surface area contributed by atoms with Gasteiger partial charge in [-0.05, 0) is 30.5 Å². The summed E-state index contributed by atoms with van der Waals surface area (Å²) in [7, 11) is 1.54. The van der Waals surface area contributed by atoms with Gasteiger partial charge in [0, 0.05) is 6.04 Å². The minimum atomic E-state index is -0.365. The van der Waals surface area contributed by atoms with Gasteiger partial charge in [0.2, 0.25) is 0 Å². The molecule has 1 atom stereocenters. The van der Waals surface area contributed by atoms with Crippen molar-refractivity contribution in [3.63, 3.8) is 0 Å². The van der Waals surface area contributed by atoms with Crippen LogP contribution in [0.15, 0.2) is 18.2 Å². The monoisotopic (exact) mass is 269 g/mol. The molecule has 0 radical (unpaired) electrons. The lowest BCUT2D eigenvalue weighted by molar-refractivity contribution is 0.359. The summed E-state index contributed by atoms with van der Waals surface area (Å²) in [5.74, 6) is 0.547. The maximum atomic E-state index is 9.37. The lowest BCUT2D eigenvalue weighted by atomic mass is 9.94. The van der Waals surface area contributed by atoms with Gasteiger partial charge >= 0.3 is 0 Å². The lowest BCUT2D eigenvalue weighted by Crippen LogP contribution is -2.33. The van der Waals surface area contributed by atoms with Gasteiger partial charge in [0.1, 0.15) is 17.9 Å². The number of benzene rings is 1. The van der Waals surface area contributed by atoms with Crippen LogP contribution in [0.5, 0.6) is 5.75 Å². The van der Waals surface area contributed by atoms with E-state index >= 15 is 0 Å². The molecular formula is C16H19N3O. The molecule has 104 valence electrons. The zero-order valence-corrected chi connectivity index (χ0v) is 11.7. The minimum absolute atomic E-state index is 0.365. The van der Waals surface area contributed by atoms with E-state index in [1.54, 1.807) is 12.1 Å². The van der Waals surface area contributed by atoms with E-state index in [1.807, 2.05) is 6.07 Å². The second kappa shape index (κ2) is 6.93. The molecule has 1 unspecified atom stereocenters. The average molecular weight is 269 g/mol. The van der Waals surface area contributed by atoms with E-state index < -0.39 is 0 Å². The zero-order chi connectivity index (χ0) is 14.4. The van der Waals surface area contributed by atoms with Crippen LogP contribution >= 0.6 is 0 Å². The van der Waals surface area contributed by atoms with E-state index in [4.69, 9.17) is 10.00 Å². The van der Waals surface area contributed by atoms with Gasteiger partial charge in [-0.2, -0.15) is 10.5 Å². The summed E-state index contributed by atoms with van der Waals surface area (Å²) in [4.78, 5) is 0. The van der Waals surface area contributed by atoms with Crippen LogP contribution in [0.1, 0.15) is 49.3 Å². The molecular weight excluding hydrogens is 250 g/mol. The highest BCUT2D eigenvalue weighted by Crippen LogP contribution is 2.25. The molecule has 0 aliphatic heterocycles. The molecule has 1 aliphatic rings. The van der Waals surface area contributed by atoms with Crippen molar-refractivity contribution in [1.82, 2.24) is 5.32 Å². The number of ether oxygens (including phenoxy) is 1. The van der Waals surface area contributed by atoms with Gasteiger partial charge in [-0.15, -0.1) is 0 Å². The quantitative estimate of drug-likeness (QED) is 0.912. The fourth-order valence-electron chi connectivity index (χ4n) is 2.71. The Balaban J connectivity index is 2.15. The SMILES string of the molecule is COc1ccc(C(C#N)NC2CCCCC2)cc1C#N. The van der Waals surface area contributed by atoms with Gasteiger partial charge in [0.05, 0.1) is 18.7 Å². The van der Waals surface area contributed by atoms with Crippen molar-refractivity contribution in [3.8, 4) is 17.9 Å². The third-order valence-corrected chi connectivity index (χ3v) is 3.81. The Bertz CT molecular complexity index is 536. The van der Waals surface area contributed by atoms with Gasteiger partial charge in [-0.25, -0.2) is 0 Å². The number of methoxy groups -OCH3 is 1. The van der Waals surface area contributed by atoms with Gasteiger partial charge in [-0.1, -0.05) is 25.3 Å². The van der Waals surface area contributed by atoms with Crippen LogP contribution < -0.4 is 10.1 Å². The van der Waals surface area contributed by atoms with Gasteiger partial charge in [-0.3, -0.25) is 5.32 Å². The zero-order valence-electron chi connectivity index (χ0n) is 11.7. The van der Waals surface area contributed by atoms with E-state index in [-0.39, 0.29) is 6.04 Å². The first-order valence-corrected chi connectivity index (χ1v) is 7.02. The van der Waals surface area contributed by atoms with Crippen LogP contribution in [-0.2, 0) is 0 Å². The minimum Gasteiger partial charge on any atom is -0.495 e. The number of hydrogen-bond acceptors (Lipinski definition) is 4. The summed E-state index contributed by atoms with van der Waals surface area (Å²) in [6.45, 7) is 0. The summed E-state index contributed by atoms with van der Waals surface area (Å²) < 4.78 is 5.13. The van der Waals surface area contributed by atoms with Crippen molar-refractivity contribution in [2.24, 2.45) is 0 Å². The molecule has 0 heterocycles. The molecule has 2 rings (SSSR count). The second-order valence-electron chi connectivity index (χ2n) is 5.14. The number of nitrogens with one attached hydrogen (secondary N) is 1. The summed E-state index contributed by atoms with van der Waals surface area (Å²) in [6.07, 6.45) is 5.99. The van der Waals surface area contributed by atoms with Crippen LogP contribution in [0.3, 0.4) is 0 Å². The summed E-state index contributed by atoms with van der Waals surface area (Å²) in [5, 5.41) is 21.9. The molecule has 0 saturated heterocycles. The Labute approximate surface area is 120 Å². The molecule has 1 aliphatic carbocycles. The predicted molar refractivity (Wildman–Crippen MR) is 76.1 cm³/mol. The summed E-state index contributed by atoms with van der Waals surface area (Å²) >= 11 is 0. The van der Waals surface area contributed by atoms with Crippen LogP contribution in [0.25, 0.3) is 0 Å². The lowest BCUT2D eigenvalue weighted by Gasteiger charge is -2.25. The van der Waals surface area contributed by atoms with Crippen LogP contribution in [0.2, 0.25) is 0 Å². The smallest absolute Gasteiger partial charge is 0.136 e.